The summed E-state index contributed by atoms with van der Waals surface area (Å²) in [5, 5.41) is 3.43. The highest BCUT2D eigenvalue weighted by Gasteiger charge is 2.03. The molecule has 1 aromatic rings. The number of benzene rings is 1. The van der Waals surface area contributed by atoms with E-state index >= 15 is 0 Å². The van der Waals surface area contributed by atoms with Gasteiger partial charge in [0.1, 0.15) is 7.85 Å². The molecule has 0 aromatic heterocycles. The van der Waals surface area contributed by atoms with Crippen LogP contribution in [-0.2, 0) is 6.42 Å². The Morgan fingerprint density at radius 2 is 1.82 bits per heavy atom. The molecule has 1 rings (SSSR count). The summed E-state index contributed by atoms with van der Waals surface area (Å²) in [6.07, 6.45) is 8.15. The predicted molar refractivity (Wildman–Crippen MR) is 103 cm³/mol. The fourth-order valence-corrected chi connectivity index (χ4v) is 2.23. The van der Waals surface area contributed by atoms with E-state index < -0.39 is 0 Å². The Kier molecular flexibility index (Phi) is 7.52. The summed E-state index contributed by atoms with van der Waals surface area (Å²) in [4.78, 5) is 0. The lowest BCUT2D eigenvalue weighted by Gasteiger charge is -2.12. The summed E-state index contributed by atoms with van der Waals surface area (Å²) in [5.41, 5.74) is 5.73. The molecule has 1 nitrogen and oxygen atoms in total. The van der Waals surface area contributed by atoms with Crippen molar-refractivity contribution >= 4 is 13.5 Å². The van der Waals surface area contributed by atoms with Crippen LogP contribution in [0.25, 0.3) is 0 Å². The van der Waals surface area contributed by atoms with Crippen molar-refractivity contribution in [1.29, 1.82) is 0 Å². The summed E-state index contributed by atoms with van der Waals surface area (Å²) in [5.74, 6) is 0.729. The van der Waals surface area contributed by atoms with Gasteiger partial charge < -0.3 is 5.32 Å². The topological polar surface area (TPSA) is 12.0 Å². The molecule has 1 N–H and O–H groups in total. The average molecular weight is 293 g/mol. The molecule has 0 bridgehead atoms. The van der Waals surface area contributed by atoms with Gasteiger partial charge in [-0.2, -0.15) is 0 Å². The van der Waals surface area contributed by atoms with Crippen molar-refractivity contribution in [3.8, 4) is 0 Å². The molecular formula is C20H28BN. The summed E-state index contributed by atoms with van der Waals surface area (Å²) in [6.45, 7) is 14.2. The summed E-state index contributed by atoms with van der Waals surface area (Å²) in [7, 11) is 2.24. The highest BCUT2D eigenvalue weighted by molar-refractivity contribution is 6.08. The zero-order valence-electron chi connectivity index (χ0n) is 14.4. The minimum atomic E-state index is 0.729. The summed E-state index contributed by atoms with van der Waals surface area (Å²) >= 11 is 0. The SMILES string of the molecule is BCC(C)Cc1ccc(N/C(C=C)=C(\C=C)C=C(C)C)cc1. The second-order valence-corrected chi connectivity index (χ2v) is 6.04. The lowest BCUT2D eigenvalue weighted by Crippen LogP contribution is -2.01. The first-order valence-electron chi connectivity index (χ1n) is 8.00. The Labute approximate surface area is 136 Å². The van der Waals surface area contributed by atoms with Crippen molar-refractivity contribution in [1.82, 2.24) is 0 Å². The fraction of sp³-hybridized carbons (Fsp3) is 0.300. The van der Waals surface area contributed by atoms with Crippen molar-refractivity contribution in [3.63, 3.8) is 0 Å². The van der Waals surface area contributed by atoms with Crippen LogP contribution in [0.2, 0.25) is 6.32 Å². The molecule has 0 aliphatic heterocycles. The molecule has 0 spiro atoms. The summed E-state index contributed by atoms with van der Waals surface area (Å²) in [6, 6.07) is 8.66. The van der Waals surface area contributed by atoms with Crippen LogP contribution >= 0.6 is 0 Å². The third-order valence-corrected chi connectivity index (χ3v) is 3.69. The fourth-order valence-electron chi connectivity index (χ4n) is 2.23. The van der Waals surface area contributed by atoms with E-state index in [0.717, 1.165) is 29.3 Å². The summed E-state index contributed by atoms with van der Waals surface area (Å²) < 4.78 is 0. The highest BCUT2D eigenvalue weighted by Crippen LogP contribution is 2.18. The molecule has 0 radical (unpaired) electrons. The molecule has 22 heavy (non-hydrogen) atoms. The number of rotatable bonds is 8. The molecule has 0 aliphatic rings. The Morgan fingerprint density at radius 1 is 1.18 bits per heavy atom. The molecule has 2 heteroatoms. The van der Waals surface area contributed by atoms with Gasteiger partial charge in [0, 0.05) is 11.4 Å². The van der Waals surface area contributed by atoms with Crippen molar-refractivity contribution in [2.45, 2.75) is 33.5 Å². The van der Waals surface area contributed by atoms with Gasteiger partial charge in [0.15, 0.2) is 0 Å². The Hall–Kier alpha value is -1.96. The van der Waals surface area contributed by atoms with E-state index in [0.29, 0.717) is 0 Å². The molecule has 0 fully saturated rings. The van der Waals surface area contributed by atoms with Crippen LogP contribution in [0.3, 0.4) is 0 Å². The smallest absolute Gasteiger partial charge is 0.101 e. The number of hydrogen-bond acceptors (Lipinski definition) is 1. The van der Waals surface area contributed by atoms with Gasteiger partial charge >= 0.3 is 0 Å². The number of anilines is 1. The van der Waals surface area contributed by atoms with E-state index in [2.05, 4.69) is 77.4 Å². The van der Waals surface area contributed by atoms with E-state index in [1.807, 2.05) is 12.2 Å². The predicted octanol–water partition coefficient (Wildman–Crippen LogP) is 4.92. The van der Waals surface area contributed by atoms with E-state index in [4.69, 9.17) is 0 Å². The van der Waals surface area contributed by atoms with Crippen LogP contribution in [0.4, 0.5) is 5.69 Å². The van der Waals surface area contributed by atoms with Crippen LogP contribution in [0.1, 0.15) is 26.3 Å². The standard InChI is InChI=1S/C20H28BN/c1-6-18(12-15(3)4)20(7-2)22-19-10-8-17(9-11-19)13-16(5)14-21/h6-12,16,22H,1-2,13-14,21H2,3-5H3/b20-18+. The monoisotopic (exact) mass is 293 g/mol. The Morgan fingerprint density at radius 3 is 2.27 bits per heavy atom. The van der Waals surface area contributed by atoms with Gasteiger partial charge in [0.2, 0.25) is 0 Å². The first-order valence-corrected chi connectivity index (χ1v) is 8.00. The van der Waals surface area contributed by atoms with Crippen molar-refractivity contribution < 1.29 is 0 Å². The first kappa shape index (κ1) is 18.1. The van der Waals surface area contributed by atoms with Gasteiger partial charge in [-0.1, -0.05) is 56.3 Å². The van der Waals surface area contributed by atoms with Crippen LogP contribution in [0.5, 0.6) is 0 Å². The van der Waals surface area contributed by atoms with E-state index in [-0.39, 0.29) is 0 Å². The maximum Gasteiger partial charge on any atom is 0.101 e. The molecule has 0 saturated carbocycles. The Bertz CT molecular complexity index is 560. The lowest BCUT2D eigenvalue weighted by atomic mass is 9.88. The zero-order valence-corrected chi connectivity index (χ0v) is 14.4. The van der Waals surface area contributed by atoms with Gasteiger partial charge in [-0.15, -0.1) is 0 Å². The van der Waals surface area contributed by atoms with Crippen molar-refractivity contribution in [2.75, 3.05) is 5.32 Å². The molecule has 0 saturated heterocycles. The van der Waals surface area contributed by atoms with Gasteiger partial charge in [-0.05, 0) is 55.5 Å². The molecule has 1 unspecified atom stereocenters. The minimum absolute atomic E-state index is 0.729. The number of nitrogens with one attached hydrogen (secondary N) is 1. The third kappa shape index (κ3) is 5.81. The quantitative estimate of drug-likeness (QED) is 0.530. The maximum absolute atomic E-state index is 3.90. The van der Waals surface area contributed by atoms with Crippen LogP contribution in [-0.4, -0.2) is 7.85 Å². The van der Waals surface area contributed by atoms with Crippen LogP contribution in [0, 0.1) is 5.92 Å². The second kappa shape index (κ2) is 9.14. The van der Waals surface area contributed by atoms with Gasteiger partial charge in [-0.3, -0.25) is 0 Å². The maximum atomic E-state index is 3.90. The molecular weight excluding hydrogens is 265 g/mol. The number of hydrogen-bond donors (Lipinski definition) is 1. The van der Waals surface area contributed by atoms with E-state index in [1.165, 1.54) is 17.5 Å². The van der Waals surface area contributed by atoms with Gasteiger partial charge in [-0.25, -0.2) is 0 Å². The Balaban J connectivity index is 2.92. The van der Waals surface area contributed by atoms with Crippen LogP contribution < -0.4 is 5.32 Å². The minimum Gasteiger partial charge on any atom is -0.355 e. The zero-order chi connectivity index (χ0) is 16.5. The molecule has 0 aliphatic carbocycles. The lowest BCUT2D eigenvalue weighted by molar-refractivity contribution is 0.646. The average Bonchev–Trinajstić information content (AvgIpc) is 2.51. The molecule has 0 heterocycles. The second-order valence-electron chi connectivity index (χ2n) is 6.04. The van der Waals surface area contributed by atoms with Crippen molar-refractivity contribution in [3.05, 3.63) is 78.1 Å². The van der Waals surface area contributed by atoms with Gasteiger partial charge in [0.25, 0.3) is 0 Å². The molecule has 1 atom stereocenters. The van der Waals surface area contributed by atoms with E-state index in [1.54, 1.807) is 0 Å². The van der Waals surface area contributed by atoms with Gasteiger partial charge in [0.05, 0.1) is 0 Å². The third-order valence-electron chi connectivity index (χ3n) is 3.69. The first-order chi connectivity index (χ1) is 10.5. The van der Waals surface area contributed by atoms with Crippen molar-refractivity contribution in [2.24, 2.45) is 5.92 Å². The largest absolute Gasteiger partial charge is 0.355 e. The van der Waals surface area contributed by atoms with E-state index in [9.17, 15) is 0 Å². The van der Waals surface area contributed by atoms with Crippen LogP contribution in [0.15, 0.2) is 72.5 Å². The molecule has 1 aromatic carbocycles. The molecule has 116 valence electrons. The number of allylic oxidation sites excluding steroid dienone is 5. The molecule has 0 amide bonds. The highest BCUT2D eigenvalue weighted by atomic mass is 14.9. The normalized spacial score (nSPS) is 12.9.